The summed E-state index contributed by atoms with van der Waals surface area (Å²) in [5.41, 5.74) is 2.44. The maximum absolute atomic E-state index is 8.95. The molecule has 82 valence electrons. The number of nitriles is 2. The van der Waals surface area contributed by atoms with Crippen LogP contribution in [0, 0.1) is 34.4 Å². The van der Waals surface area contributed by atoms with Crippen LogP contribution in [0.2, 0.25) is 0 Å². The zero-order chi connectivity index (χ0) is 12.4. The summed E-state index contributed by atoms with van der Waals surface area (Å²) in [7, 11) is 0. The van der Waals surface area contributed by atoms with E-state index < -0.39 is 0 Å². The Morgan fingerprint density at radius 2 is 1.94 bits per heavy atom. The van der Waals surface area contributed by atoms with Crippen molar-refractivity contribution < 1.29 is 0 Å². The Hall–Kier alpha value is -2.37. The van der Waals surface area contributed by atoms with Gasteiger partial charge in [0.05, 0.1) is 11.1 Å². The summed E-state index contributed by atoms with van der Waals surface area (Å²) in [6.45, 7) is 1.90. The van der Waals surface area contributed by atoms with Crippen molar-refractivity contribution in [2.75, 3.05) is 0 Å². The third-order valence-corrected chi connectivity index (χ3v) is 2.67. The fourth-order valence-electron chi connectivity index (χ4n) is 1.58. The lowest BCUT2D eigenvalue weighted by molar-refractivity contribution is 1.03. The third kappa shape index (κ3) is 1.96. The Labute approximate surface area is 103 Å². The van der Waals surface area contributed by atoms with Gasteiger partial charge in [-0.2, -0.15) is 10.5 Å². The second kappa shape index (κ2) is 4.25. The highest BCUT2D eigenvalue weighted by Gasteiger charge is 2.05. The first-order valence-electron chi connectivity index (χ1n) is 4.88. The molecule has 5 heteroatoms. The summed E-state index contributed by atoms with van der Waals surface area (Å²) in [6.07, 6.45) is 1.85. The van der Waals surface area contributed by atoms with Crippen molar-refractivity contribution in [2.24, 2.45) is 0 Å². The average molecular weight is 240 g/mol. The van der Waals surface area contributed by atoms with E-state index in [-0.39, 0.29) is 0 Å². The van der Waals surface area contributed by atoms with Gasteiger partial charge in [-0.15, -0.1) is 0 Å². The van der Waals surface area contributed by atoms with Crippen molar-refractivity contribution in [1.82, 2.24) is 9.55 Å². The van der Waals surface area contributed by atoms with Gasteiger partial charge in [0, 0.05) is 17.6 Å². The average Bonchev–Trinajstić information content (AvgIpc) is 2.67. The molecule has 2 rings (SSSR count). The lowest BCUT2D eigenvalue weighted by Crippen LogP contribution is -1.94. The highest BCUT2D eigenvalue weighted by Crippen LogP contribution is 2.15. The lowest BCUT2D eigenvalue weighted by atomic mass is 10.1. The van der Waals surface area contributed by atoms with Crippen LogP contribution in [0.4, 0.5) is 0 Å². The number of rotatable bonds is 1. The number of aromatic nitrogens is 2. The molecule has 17 heavy (non-hydrogen) atoms. The Bertz CT molecular complexity index is 709. The number of imidazole rings is 1. The van der Waals surface area contributed by atoms with E-state index in [4.69, 9.17) is 22.7 Å². The van der Waals surface area contributed by atoms with Crippen LogP contribution in [-0.4, -0.2) is 9.55 Å². The van der Waals surface area contributed by atoms with Gasteiger partial charge in [0.15, 0.2) is 4.77 Å². The van der Waals surface area contributed by atoms with Crippen LogP contribution in [0.15, 0.2) is 24.4 Å². The number of benzene rings is 1. The molecule has 0 bridgehead atoms. The quantitative estimate of drug-likeness (QED) is 0.779. The van der Waals surface area contributed by atoms with Crippen LogP contribution >= 0.6 is 12.2 Å². The van der Waals surface area contributed by atoms with Gasteiger partial charge in [-0.05, 0) is 37.3 Å². The fraction of sp³-hybridized carbons (Fsp3) is 0.0833. The fourth-order valence-corrected chi connectivity index (χ4v) is 1.90. The molecule has 0 radical (unpaired) electrons. The van der Waals surface area contributed by atoms with E-state index in [1.165, 1.54) is 0 Å². The minimum Gasteiger partial charge on any atom is -0.335 e. The van der Waals surface area contributed by atoms with Crippen LogP contribution in [0.3, 0.4) is 0 Å². The number of nitrogens with zero attached hydrogens (tertiary/aromatic N) is 3. The van der Waals surface area contributed by atoms with Gasteiger partial charge in [0.1, 0.15) is 12.1 Å². The first-order valence-corrected chi connectivity index (χ1v) is 5.29. The number of aryl methyl sites for hydroxylation is 1. The van der Waals surface area contributed by atoms with Gasteiger partial charge in [0.25, 0.3) is 0 Å². The molecule has 0 unspecified atom stereocenters. The predicted molar refractivity (Wildman–Crippen MR) is 65.1 cm³/mol. The van der Waals surface area contributed by atoms with Crippen LogP contribution in [0.25, 0.3) is 5.69 Å². The zero-order valence-corrected chi connectivity index (χ0v) is 9.88. The van der Waals surface area contributed by atoms with Gasteiger partial charge in [-0.1, -0.05) is 0 Å². The molecule has 0 aliphatic rings. The second-order valence-corrected chi connectivity index (χ2v) is 3.95. The molecular formula is C12H8N4S. The first kappa shape index (κ1) is 11.1. The van der Waals surface area contributed by atoms with Gasteiger partial charge < -0.3 is 4.98 Å². The molecule has 2 aromatic rings. The van der Waals surface area contributed by atoms with E-state index in [1.807, 2.05) is 25.3 Å². The zero-order valence-electron chi connectivity index (χ0n) is 9.06. The third-order valence-electron chi connectivity index (χ3n) is 2.37. The van der Waals surface area contributed by atoms with E-state index in [2.05, 4.69) is 4.98 Å². The number of hydrogen-bond acceptors (Lipinski definition) is 3. The molecule has 0 fully saturated rings. The molecule has 4 nitrogen and oxygen atoms in total. The molecule has 0 saturated carbocycles. The highest BCUT2D eigenvalue weighted by atomic mass is 32.1. The summed E-state index contributed by atoms with van der Waals surface area (Å²) in [5.74, 6) is 0. The molecule has 0 amide bonds. The van der Waals surface area contributed by atoms with E-state index in [9.17, 15) is 0 Å². The number of H-pyrrole nitrogens is 1. The van der Waals surface area contributed by atoms with Crippen molar-refractivity contribution in [3.05, 3.63) is 46.0 Å². The highest BCUT2D eigenvalue weighted by molar-refractivity contribution is 7.71. The van der Waals surface area contributed by atoms with Gasteiger partial charge in [-0.25, -0.2) is 0 Å². The van der Waals surface area contributed by atoms with Crippen molar-refractivity contribution in [1.29, 1.82) is 10.5 Å². The molecule has 0 saturated heterocycles. The van der Waals surface area contributed by atoms with Gasteiger partial charge in [-0.3, -0.25) is 4.57 Å². The van der Waals surface area contributed by atoms with E-state index in [1.54, 1.807) is 22.8 Å². The summed E-state index contributed by atoms with van der Waals surface area (Å²) in [5, 5.41) is 17.8. The molecule has 0 atom stereocenters. The lowest BCUT2D eigenvalue weighted by Gasteiger charge is -2.03. The standard InChI is InChI=1S/C12H8N4S/c1-8-7-16(12(17)15-8)11-3-2-9(5-13)10(4-11)6-14/h2-4,7H,1H3,(H,15,17). The minimum atomic E-state index is 0.353. The smallest absolute Gasteiger partial charge is 0.181 e. The summed E-state index contributed by atoms with van der Waals surface area (Å²) in [4.78, 5) is 3.00. The molecular weight excluding hydrogens is 232 g/mol. The maximum atomic E-state index is 8.95. The van der Waals surface area contributed by atoms with Crippen molar-refractivity contribution in [3.8, 4) is 17.8 Å². The summed E-state index contributed by atoms with van der Waals surface area (Å²) in [6, 6.07) is 9.03. The van der Waals surface area contributed by atoms with E-state index in [0.717, 1.165) is 11.4 Å². The van der Waals surface area contributed by atoms with Crippen LogP contribution in [0.1, 0.15) is 16.8 Å². The second-order valence-electron chi connectivity index (χ2n) is 3.57. The Balaban J connectivity index is 2.64. The SMILES string of the molecule is Cc1cn(-c2ccc(C#N)c(C#N)c2)c(=S)[nH]1. The normalized spacial score (nSPS) is 9.59. The monoisotopic (exact) mass is 240 g/mol. The van der Waals surface area contributed by atoms with Crippen LogP contribution in [-0.2, 0) is 0 Å². The van der Waals surface area contributed by atoms with Crippen LogP contribution in [0.5, 0.6) is 0 Å². The largest absolute Gasteiger partial charge is 0.335 e. The van der Waals surface area contributed by atoms with E-state index in [0.29, 0.717) is 15.9 Å². The summed E-state index contributed by atoms with van der Waals surface area (Å²) < 4.78 is 2.34. The molecule has 1 N–H and O–H groups in total. The topological polar surface area (TPSA) is 68.3 Å². The van der Waals surface area contributed by atoms with Crippen molar-refractivity contribution in [2.45, 2.75) is 6.92 Å². The molecule has 1 aromatic carbocycles. The van der Waals surface area contributed by atoms with Gasteiger partial charge >= 0.3 is 0 Å². The molecule has 1 aromatic heterocycles. The maximum Gasteiger partial charge on any atom is 0.181 e. The molecule has 0 aliphatic heterocycles. The Morgan fingerprint density at radius 3 is 2.47 bits per heavy atom. The van der Waals surface area contributed by atoms with E-state index >= 15 is 0 Å². The first-order chi connectivity index (χ1) is 8.15. The summed E-state index contributed by atoms with van der Waals surface area (Å²) >= 11 is 5.16. The predicted octanol–water partition coefficient (Wildman–Crippen LogP) is 2.59. The molecule has 0 aliphatic carbocycles. The number of aromatic amines is 1. The minimum absolute atomic E-state index is 0.353. The van der Waals surface area contributed by atoms with Gasteiger partial charge in [0.2, 0.25) is 0 Å². The molecule has 0 spiro atoms. The van der Waals surface area contributed by atoms with Crippen molar-refractivity contribution >= 4 is 12.2 Å². The Kier molecular flexibility index (Phi) is 2.78. The van der Waals surface area contributed by atoms with Crippen molar-refractivity contribution in [3.63, 3.8) is 0 Å². The number of nitrogens with one attached hydrogen (secondary N) is 1. The number of hydrogen-bond donors (Lipinski definition) is 1. The van der Waals surface area contributed by atoms with Crippen LogP contribution < -0.4 is 0 Å². The molecule has 1 heterocycles. The Morgan fingerprint density at radius 1 is 1.24 bits per heavy atom.